The van der Waals surface area contributed by atoms with Gasteiger partial charge in [0.2, 0.25) is 6.79 Å². The number of hydrogen-bond acceptors (Lipinski definition) is 4. The summed E-state index contributed by atoms with van der Waals surface area (Å²) in [7, 11) is 0. The second-order valence-corrected chi connectivity index (χ2v) is 7.55. The van der Waals surface area contributed by atoms with Crippen LogP contribution in [0.4, 0.5) is 17.1 Å². The van der Waals surface area contributed by atoms with Gasteiger partial charge in [-0.3, -0.25) is 0 Å². The molecule has 0 N–H and O–H groups in total. The molecule has 0 unspecified atom stereocenters. The summed E-state index contributed by atoms with van der Waals surface area (Å²) in [6.45, 7) is 5.00. The first-order valence-electron chi connectivity index (χ1n) is 10.7. The van der Waals surface area contributed by atoms with Crippen LogP contribution in [0, 0.1) is 0 Å². The first kappa shape index (κ1) is 21.9. The molecule has 33 heavy (non-hydrogen) atoms. The molecule has 4 nitrogen and oxygen atoms in total. The molecule has 0 spiro atoms. The van der Waals surface area contributed by atoms with Gasteiger partial charge in [-0.15, -0.1) is 0 Å². The molecule has 0 aliphatic carbocycles. The Morgan fingerprint density at radius 3 is 1.64 bits per heavy atom. The van der Waals surface area contributed by atoms with Crippen molar-refractivity contribution >= 4 is 23.0 Å². The van der Waals surface area contributed by atoms with Crippen molar-refractivity contribution < 1.29 is 14.3 Å². The molecule has 4 aromatic rings. The summed E-state index contributed by atoms with van der Waals surface area (Å²) in [4.78, 5) is 13.7. The fraction of sp³-hybridized carbons (Fsp3) is 0.0690. The summed E-state index contributed by atoms with van der Waals surface area (Å²) in [5.74, 6) is 0.163. The number of ether oxygens (including phenoxy) is 2. The predicted octanol–water partition coefficient (Wildman–Crippen LogP) is 7.28. The summed E-state index contributed by atoms with van der Waals surface area (Å²) in [6.07, 6.45) is 0. The molecule has 0 aliphatic rings. The minimum atomic E-state index is -0.466. The molecule has 0 saturated carbocycles. The third-order valence-electron chi connectivity index (χ3n) is 5.11. The van der Waals surface area contributed by atoms with Crippen molar-refractivity contribution in [2.24, 2.45) is 0 Å². The second-order valence-electron chi connectivity index (χ2n) is 7.55. The number of anilines is 3. The normalized spacial score (nSPS) is 10.3. The molecule has 0 fully saturated rings. The van der Waals surface area contributed by atoms with Crippen LogP contribution in [0.15, 0.2) is 121 Å². The number of hydrogen-bond donors (Lipinski definition) is 0. The molecule has 0 saturated heterocycles. The average molecular weight is 436 g/mol. The predicted molar refractivity (Wildman–Crippen MR) is 133 cm³/mol. The minimum absolute atomic E-state index is 0.144. The molecular weight excluding hydrogens is 410 g/mol. The van der Waals surface area contributed by atoms with Crippen molar-refractivity contribution in [2.75, 3.05) is 11.7 Å². The van der Waals surface area contributed by atoms with Crippen molar-refractivity contribution in [3.05, 3.63) is 121 Å². The maximum Gasteiger partial charge on any atom is 0.335 e. The van der Waals surface area contributed by atoms with Gasteiger partial charge in [0.25, 0.3) is 0 Å². The molecule has 0 atom stereocenters. The Balaban J connectivity index is 1.50. The Morgan fingerprint density at radius 2 is 1.15 bits per heavy atom. The third kappa shape index (κ3) is 5.49. The summed E-state index contributed by atoms with van der Waals surface area (Å²) in [5, 5.41) is 0. The van der Waals surface area contributed by atoms with Crippen LogP contribution in [-0.4, -0.2) is 12.8 Å². The average Bonchev–Trinajstić information content (AvgIpc) is 2.86. The molecular formula is C29H25NO3. The van der Waals surface area contributed by atoms with Crippen molar-refractivity contribution in [1.29, 1.82) is 0 Å². The fourth-order valence-electron chi connectivity index (χ4n) is 3.42. The molecule has 0 amide bonds. The Hall–Kier alpha value is -4.31. The Labute approximate surface area is 194 Å². The quantitative estimate of drug-likeness (QED) is 0.166. The number of carbonyl (C=O) groups excluding carboxylic acids is 1. The maximum atomic E-state index is 11.4. The topological polar surface area (TPSA) is 38.8 Å². The minimum Gasteiger partial charge on any atom is -0.457 e. The van der Waals surface area contributed by atoms with Crippen LogP contribution in [0.25, 0.3) is 11.1 Å². The van der Waals surface area contributed by atoms with E-state index in [2.05, 4.69) is 60.0 Å². The lowest BCUT2D eigenvalue weighted by Crippen LogP contribution is -2.10. The van der Waals surface area contributed by atoms with Crippen LogP contribution >= 0.6 is 0 Å². The largest absolute Gasteiger partial charge is 0.457 e. The van der Waals surface area contributed by atoms with Crippen LogP contribution in [-0.2, 0) is 9.53 Å². The molecule has 0 radical (unpaired) electrons. The zero-order valence-electron chi connectivity index (χ0n) is 18.5. The fourth-order valence-corrected chi connectivity index (χ4v) is 3.42. The van der Waals surface area contributed by atoms with Gasteiger partial charge in [-0.2, -0.15) is 0 Å². The lowest BCUT2D eigenvalue weighted by molar-refractivity contribution is -0.145. The molecule has 4 heteroatoms. The van der Waals surface area contributed by atoms with Gasteiger partial charge < -0.3 is 14.4 Å². The van der Waals surface area contributed by atoms with E-state index in [9.17, 15) is 4.79 Å². The highest BCUT2D eigenvalue weighted by Gasteiger charge is 2.12. The van der Waals surface area contributed by atoms with Crippen LogP contribution in [0.3, 0.4) is 0 Å². The number of para-hydroxylation sites is 2. The first-order chi connectivity index (χ1) is 16.1. The van der Waals surface area contributed by atoms with E-state index in [0.29, 0.717) is 11.3 Å². The van der Waals surface area contributed by atoms with Crippen LogP contribution < -0.4 is 9.64 Å². The highest BCUT2D eigenvalue weighted by atomic mass is 16.7. The van der Waals surface area contributed by atoms with E-state index in [4.69, 9.17) is 9.47 Å². The molecule has 4 rings (SSSR count). The van der Waals surface area contributed by atoms with E-state index in [1.165, 1.54) is 0 Å². The van der Waals surface area contributed by atoms with E-state index in [1.807, 2.05) is 60.7 Å². The molecule has 4 aromatic carbocycles. The summed E-state index contributed by atoms with van der Waals surface area (Å²) >= 11 is 0. The summed E-state index contributed by atoms with van der Waals surface area (Å²) < 4.78 is 10.4. The highest BCUT2D eigenvalue weighted by Crippen LogP contribution is 2.35. The van der Waals surface area contributed by atoms with Gasteiger partial charge in [-0.25, -0.2) is 4.79 Å². The van der Waals surface area contributed by atoms with Gasteiger partial charge in [-0.05, 0) is 66.6 Å². The number of rotatable bonds is 8. The van der Waals surface area contributed by atoms with Crippen LogP contribution in [0.2, 0.25) is 0 Å². The molecule has 0 aromatic heterocycles. The van der Waals surface area contributed by atoms with Gasteiger partial charge >= 0.3 is 5.97 Å². The first-order valence-corrected chi connectivity index (χ1v) is 10.7. The molecule has 0 bridgehead atoms. The zero-order chi connectivity index (χ0) is 23.0. The van der Waals surface area contributed by atoms with E-state index in [1.54, 1.807) is 6.92 Å². The standard InChI is InChI=1S/C29H25NO3/c1-22(2)29(31)33-21-32-28-19-15-24(16-20-28)23-13-17-27(18-14-23)30(25-9-5-3-6-10-25)26-11-7-4-8-12-26/h3-20H,1,21H2,2H3. The number of carbonyl (C=O) groups is 1. The van der Waals surface area contributed by atoms with Gasteiger partial charge in [0, 0.05) is 22.6 Å². The number of benzene rings is 4. The van der Waals surface area contributed by atoms with Crippen molar-refractivity contribution in [2.45, 2.75) is 6.92 Å². The van der Waals surface area contributed by atoms with Crippen molar-refractivity contribution in [1.82, 2.24) is 0 Å². The lowest BCUT2D eigenvalue weighted by atomic mass is 10.0. The van der Waals surface area contributed by atoms with Crippen molar-refractivity contribution in [3.8, 4) is 16.9 Å². The number of nitrogens with zero attached hydrogens (tertiary/aromatic N) is 1. The Bertz CT molecular complexity index is 1160. The van der Waals surface area contributed by atoms with Gasteiger partial charge in [0.15, 0.2) is 0 Å². The molecule has 164 valence electrons. The highest BCUT2D eigenvalue weighted by molar-refractivity contribution is 5.86. The second kappa shape index (κ2) is 10.3. The van der Waals surface area contributed by atoms with Gasteiger partial charge in [-0.1, -0.05) is 67.2 Å². The van der Waals surface area contributed by atoms with Crippen molar-refractivity contribution in [3.63, 3.8) is 0 Å². The summed E-state index contributed by atoms with van der Waals surface area (Å²) in [6, 6.07) is 36.8. The SMILES string of the molecule is C=C(C)C(=O)OCOc1ccc(-c2ccc(N(c3ccccc3)c3ccccc3)cc2)cc1. The van der Waals surface area contributed by atoms with E-state index >= 15 is 0 Å². The maximum absolute atomic E-state index is 11.4. The van der Waals surface area contributed by atoms with Gasteiger partial charge in [0.1, 0.15) is 5.75 Å². The van der Waals surface area contributed by atoms with E-state index in [0.717, 1.165) is 28.2 Å². The lowest BCUT2D eigenvalue weighted by Gasteiger charge is -2.25. The van der Waals surface area contributed by atoms with Crippen LogP contribution in [0.5, 0.6) is 5.75 Å². The summed E-state index contributed by atoms with van der Waals surface area (Å²) in [5.41, 5.74) is 5.79. The molecule has 0 aliphatic heterocycles. The Kier molecular flexibility index (Phi) is 6.86. The van der Waals surface area contributed by atoms with Crippen LogP contribution in [0.1, 0.15) is 6.92 Å². The smallest absolute Gasteiger partial charge is 0.335 e. The monoisotopic (exact) mass is 435 g/mol. The Morgan fingerprint density at radius 1 is 0.697 bits per heavy atom. The molecule has 0 heterocycles. The third-order valence-corrected chi connectivity index (χ3v) is 5.11. The van der Waals surface area contributed by atoms with E-state index < -0.39 is 5.97 Å². The van der Waals surface area contributed by atoms with Gasteiger partial charge in [0.05, 0.1) is 0 Å². The number of esters is 1. The zero-order valence-corrected chi connectivity index (χ0v) is 18.5. The van der Waals surface area contributed by atoms with E-state index in [-0.39, 0.29) is 6.79 Å².